The number of aryl methyl sites for hydroxylation is 2. The molecule has 0 saturated carbocycles. The largest absolute Gasteiger partial charge is 0.383 e. The first-order valence-electron chi connectivity index (χ1n) is 12.1. The number of hydrogen-bond donors (Lipinski definition) is 1. The predicted octanol–water partition coefficient (Wildman–Crippen LogP) is 3.34. The number of fused-ring (bicyclic) bond motifs is 1. The highest BCUT2D eigenvalue weighted by Gasteiger charge is 2.33. The zero-order valence-corrected chi connectivity index (χ0v) is 21.5. The molecule has 2 aromatic carbocycles. The van der Waals surface area contributed by atoms with Crippen LogP contribution in [0, 0.1) is 13.8 Å². The SMILES string of the molecule is COCCn1nnnc1[C@H](c1cc2ccc(C)cc2[nH]c1=O)N1CCN(c2cc(Cl)ccc2C)CC1. The average Bonchev–Trinajstić information content (AvgIpc) is 3.33. The maximum Gasteiger partial charge on any atom is 0.253 e. The summed E-state index contributed by atoms with van der Waals surface area (Å²) in [5, 5.41) is 14.2. The molecule has 1 atom stereocenters. The smallest absolute Gasteiger partial charge is 0.253 e. The van der Waals surface area contributed by atoms with Crippen LogP contribution in [0.5, 0.6) is 0 Å². The van der Waals surface area contributed by atoms with E-state index in [4.69, 9.17) is 16.3 Å². The number of ether oxygens (including phenoxy) is 1. The Morgan fingerprint density at radius 3 is 2.67 bits per heavy atom. The lowest BCUT2D eigenvalue weighted by Gasteiger charge is -2.40. The topological polar surface area (TPSA) is 92.2 Å². The van der Waals surface area contributed by atoms with Crippen LogP contribution in [0.15, 0.2) is 47.3 Å². The molecule has 36 heavy (non-hydrogen) atoms. The molecule has 10 heteroatoms. The van der Waals surface area contributed by atoms with Gasteiger partial charge in [0, 0.05) is 55.1 Å². The predicted molar refractivity (Wildman–Crippen MR) is 141 cm³/mol. The molecule has 1 saturated heterocycles. The van der Waals surface area contributed by atoms with Crippen LogP contribution in [0.1, 0.15) is 28.6 Å². The first kappa shape index (κ1) is 24.4. The van der Waals surface area contributed by atoms with Crippen LogP contribution < -0.4 is 10.5 Å². The summed E-state index contributed by atoms with van der Waals surface area (Å²) in [6.07, 6.45) is 0. The molecule has 0 radical (unpaired) electrons. The molecule has 4 aromatic rings. The van der Waals surface area contributed by atoms with Gasteiger partial charge in [0.1, 0.15) is 6.04 Å². The summed E-state index contributed by atoms with van der Waals surface area (Å²) in [6, 6.07) is 13.6. The number of tetrazole rings is 1. The van der Waals surface area contributed by atoms with Gasteiger partial charge in [-0.05, 0) is 65.1 Å². The second-order valence-electron chi connectivity index (χ2n) is 9.25. The summed E-state index contributed by atoms with van der Waals surface area (Å²) >= 11 is 6.29. The number of benzene rings is 2. The summed E-state index contributed by atoms with van der Waals surface area (Å²) in [5.74, 6) is 0.636. The van der Waals surface area contributed by atoms with Gasteiger partial charge in [-0.2, -0.15) is 0 Å². The van der Waals surface area contributed by atoms with Gasteiger partial charge in [0.05, 0.1) is 13.2 Å². The van der Waals surface area contributed by atoms with Gasteiger partial charge in [-0.1, -0.05) is 29.8 Å². The number of anilines is 1. The van der Waals surface area contributed by atoms with E-state index in [1.54, 1.807) is 11.8 Å². The fourth-order valence-corrected chi connectivity index (χ4v) is 5.09. The average molecular weight is 508 g/mol. The van der Waals surface area contributed by atoms with Crippen molar-refractivity contribution in [2.45, 2.75) is 26.4 Å². The number of nitrogens with zero attached hydrogens (tertiary/aromatic N) is 6. The molecule has 9 nitrogen and oxygen atoms in total. The normalized spacial score (nSPS) is 15.5. The Hall–Kier alpha value is -3.27. The molecule has 0 bridgehead atoms. The van der Waals surface area contributed by atoms with Crippen LogP contribution in [-0.2, 0) is 11.3 Å². The van der Waals surface area contributed by atoms with Crippen LogP contribution >= 0.6 is 11.6 Å². The van der Waals surface area contributed by atoms with Crippen molar-refractivity contribution in [2.24, 2.45) is 0 Å². The summed E-state index contributed by atoms with van der Waals surface area (Å²) in [6.45, 7) is 8.14. The van der Waals surface area contributed by atoms with E-state index < -0.39 is 6.04 Å². The number of nitrogens with one attached hydrogen (secondary N) is 1. The van der Waals surface area contributed by atoms with Crippen LogP contribution in [0.2, 0.25) is 5.02 Å². The molecule has 1 fully saturated rings. The zero-order chi connectivity index (χ0) is 25.2. The number of pyridine rings is 1. The molecule has 188 valence electrons. The molecule has 0 unspecified atom stereocenters. The second-order valence-corrected chi connectivity index (χ2v) is 9.69. The first-order chi connectivity index (χ1) is 17.4. The van der Waals surface area contributed by atoms with Gasteiger partial charge in [0.2, 0.25) is 0 Å². The molecule has 1 aliphatic heterocycles. The fourth-order valence-electron chi connectivity index (χ4n) is 4.92. The molecule has 0 amide bonds. The number of hydrogen-bond acceptors (Lipinski definition) is 7. The molecular weight excluding hydrogens is 478 g/mol. The molecule has 1 aliphatic rings. The van der Waals surface area contributed by atoms with Crippen molar-refractivity contribution in [3.8, 4) is 0 Å². The monoisotopic (exact) mass is 507 g/mol. The Bertz CT molecular complexity index is 1430. The molecular formula is C26H30ClN7O2. The second kappa shape index (κ2) is 10.4. The van der Waals surface area contributed by atoms with Gasteiger partial charge in [-0.3, -0.25) is 9.69 Å². The van der Waals surface area contributed by atoms with Gasteiger partial charge in [-0.15, -0.1) is 5.10 Å². The van der Waals surface area contributed by atoms with E-state index in [-0.39, 0.29) is 5.56 Å². The Balaban J connectivity index is 1.52. The lowest BCUT2D eigenvalue weighted by molar-refractivity contribution is 0.171. The first-order valence-corrected chi connectivity index (χ1v) is 12.5. The van der Waals surface area contributed by atoms with E-state index in [1.807, 2.05) is 49.4 Å². The Morgan fingerprint density at radius 1 is 1.08 bits per heavy atom. The minimum Gasteiger partial charge on any atom is -0.383 e. The van der Waals surface area contributed by atoms with Crippen molar-refractivity contribution in [2.75, 3.05) is 44.8 Å². The number of rotatable bonds is 7. The third-order valence-electron chi connectivity index (χ3n) is 6.83. The lowest BCUT2D eigenvalue weighted by atomic mass is 10.0. The van der Waals surface area contributed by atoms with Gasteiger partial charge < -0.3 is 14.6 Å². The third-order valence-corrected chi connectivity index (χ3v) is 7.06. The number of methoxy groups -OCH3 is 1. The van der Waals surface area contributed by atoms with E-state index in [0.29, 0.717) is 24.5 Å². The van der Waals surface area contributed by atoms with Crippen molar-refractivity contribution in [3.05, 3.63) is 80.4 Å². The van der Waals surface area contributed by atoms with Crippen LogP contribution in [0.25, 0.3) is 10.9 Å². The highest BCUT2D eigenvalue weighted by atomic mass is 35.5. The molecule has 0 aliphatic carbocycles. The minimum absolute atomic E-state index is 0.132. The van der Waals surface area contributed by atoms with Crippen molar-refractivity contribution in [1.82, 2.24) is 30.1 Å². The Kier molecular flexibility index (Phi) is 7.04. The molecule has 5 rings (SSSR count). The number of aromatic amines is 1. The van der Waals surface area contributed by atoms with E-state index >= 15 is 0 Å². The lowest BCUT2D eigenvalue weighted by Crippen LogP contribution is -2.49. The third kappa shape index (κ3) is 4.86. The quantitative estimate of drug-likeness (QED) is 0.410. The molecule has 1 N–H and O–H groups in total. The van der Waals surface area contributed by atoms with Gasteiger partial charge in [0.25, 0.3) is 5.56 Å². The summed E-state index contributed by atoms with van der Waals surface area (Å²) in [7, 11) is 1.65. The van der Waals surface area contributed by atoms with E-state index in [2.05, 4.69) is 37.2 Å². The van der Waals surface area contributed by atoms with Crippen molar-refractivity contribution in [1.29, 1.82) is 0 Å². The molecule has 0 spiro atoms. The van der Waals surface area contributed by atoms with E-state index in [0.717, 1.165) is 53.4 Å². The maximum atomic E-state index is 13.4. The standard InChI is InChI=1S/C26H30ClN7O2/c1-17-4-6-19-15-21(26(35)28-22(19)14-17)24(25-29-30-31-34(25)12-13-36-3)33-10-8-32(9-11-33)23-16-20(27)7-5-18(23)2/h4-7,14-16,24H,8-13H2,1-3H3,(H,28,35)/t24-/m0/s1. The molecule has 2 aromatic heterocycles. The number of aromatic nitrogens is 5. The highest BCUT2D eigenvalue weighted by Crippen LogP contribution is 2.30. The van der Waals surface area contributed by atoms with Crippen molar-refractivity contribution in [3.63, 3.8) is 0 Å². The van der Waals surface area contributed by atoms with Crippen LogP contribution in [0.3, 0.4) is 0 Å². The van der Waals surface area contributed by atoms with Gasteiger partial charge >= 0.3 is 0 Å². The molecule has 3 heterocycles. The van der Waals surface area contributed by atoms with E-state index in [9.17, 15) is 4.79 Å². The summed E-state index contributed by atoms with van der Waals surface area (Å²) in [5.41, 5.74) is 4.75. The minimum atomic E-state index is -0.395. The maximum absolute atomic E-state index is 13.4. The van der Waals surface area contributed by atoms with Crippen LogP contribution in [-0.4, -0.2) is 70.0 Å². The zero-order valence-electron chi connectivity index (χ0n) is 20.7. The van der Waals surface area contributed by atoms with Crippen molar-refractivity contribution < 1.29 is 4.74 Å². The van der Waals surface area contributed by atoms with Crippen molar-refractivity contribution >= 4 is 28.2 Å². The number of halogens is 1. The Labute approximate surface area is 214 Å². The summed E-state index contributed by atoms with van der Waals surface area (Å²) in [4.78, 5) is 21.1. The van der Waals surface area contributed by atoms with Crippen LogP contribution in [0.4, 0.5) is 5.69 Å². The number of H-pyrrole nitrogens is 1. The fraction of sp³-hybridized carbons (Fsp3) is 0.385. The van der Waals surface area contributed by atoms with Gasteiger partial charge in [-0.25, -0.2) is 4.68 Å². The Morgan fingerprint density at radius 2 is 1.89 bits per heavy atom. The highest BCUT2D eigenvalue weighted by molar-refractivity contribution is 6.30. The number of piperazine rings is 1. The van der Waals surface area contributed by atoms with Gasteiger partial charge in [0.15, 0.2) is 5.82 Å². The van der Waals surface area contributed by atoms with E-state index in [1.165, 1.54) is 5.56 Å². The summed E-state index contributed by atoms with van der Waals surface area (Å²) < 4.78 is 7.00.